The molecule has 0 saturated carbocycles. The lowest BCUT2D eigenvalue weighted by molar-refractivity contribution is -0.114. The molecule has 112 valence electrons. The summed E-state index contributed by atoms with van der Waals surface area (Å²) in [6.45, 7) is 0. The van der Waals surface area contributed by atoms with E-state index in [1.165, 1.54) is 0 Å². The largest absolute Gasteiger partial charge is 0.292 e. The average Bonchev–Trinajstić information content (AvgIpc) is 3.22. The maximum Gasteiger partial charge on any atom is 0.188 e. The van der Waals surface area contributed by atoms with Crippen molar-refractivity contribution in [3.8, 4) is 0 Å². The number of thiophene rings is 2. The highest BCUT2D eigenvalue weighted by atomic mass is 32.1. The average molecular weight is 327 g/mol. The molecule has 2 aliphatic rings. The first kappa shape index (κ1) is 14.1. The van der Waals surface area contributed by atoms with Gasteiger partial charge in [0.05, 0.1) is 0 Å². The fourth-order valence-electron chi connectivity index (χ4n) is 3.54. The number of carbonyl (C=O) groups excluding carboxylic acids is 1. The Labute approximate surface area is 138 Å². The molecule has 0 spiro atoms. The van der Waals surface area contributed by atoms with Crippen molar-refractivity contribution in [3.63, 3.8) is 0 Å². The first-order valence-corrected chi connectivity index (χ1v) is 9.27. The van der Waals surface area contributed by atoms with E-state index in [1.807, 2.05) is 12.1 Å². The minimum Gasteiger partial charge on any atom is -0.292 e. The third-order valence-electron chi connectivity index (χ3n) is 4.62. The number of likely N-dealkylation sites (N-methyl/N-ethyl adjacent to an activating group) is 1. The fourth-order valence-corrected chi connectivity index (χ4v) is 4.87. The molecule has 4 rings (SSSR count). The van der Waals surface area contributed by atoms with Gasteiger partial charge in [-0.2, -0.15) is 0 Å². The summed E-state index contributed by atoms with van der Waals surface area (Å²) in [6, 6.07) is 8.78. The predicted molar refractivity (Wildman–Crippen MR) is 94.2 cm³/mol. The van der Waals surface area contributed by atoms with E-state index in [1.54, 1.807) is 22.7 Å². The molecule has 2 atom stereocenters. The van der Waals surface area contributed by atoms with Crippen LogP contribution in [0.3, 0.4) is 0 Å². The molecule has 2 aromatic heterocycles. The van der Waals surface area contributed by atoms with Gasteiger partial charge in [0, 0.05) is 33.0 Å². The van der Waals surface area contributed by atoms with Crippen LogP contribution in [0.5, 0.6) is 0 Å². The number of Topliss-reactive ketones (excluding diaryl/α,β-unsaturated/α-hetero) is 1. The minimum absolute atomic E-state index is 0.243. The number of rotatable bonds is 2. The molecular formula is C18H17NOS2. The second kappa shape index (κ2) is 5.61. The summed E-state index contributed by atoms with van der Waals surface area (Å²) in [7, 11) is 2.15. The number of hydrogen-bond acceptors (Lipinski definition) is 4. The summed E-state index contributed by atoms with van der Waals surface area (Å²) in [5.41, 5.74) is 1.92. The highest BCUT2D eigenvalue weighted by molar-refractivity contribution is 7.11. The van der Waals surface area contributed by atoms with E-state index in [0.717, 1.165) is 33.7 Å². The Morgan fingerprint density at radius 2 is 1.50 bits per heavy atom. The van der Waals surface area contributed by atoms with Gasteiger partial charge >= 0.3 is 0 Å². The third-order valence-corrected chi connectivity index (χ3v) is 6.26. The predicted octanol–water partition coefficient (Wildman–Crippen LogP) is 4.32. The van der Waals surface area contributed by atoms with Crippen LogP contribution in [-0.2, 0) is 4.79 Å². The Balaban J connectivity index is 1.79. The lowest BCUT2D eigenvalue weighted by atomic mass is 9.90. The van der Waals surface area contributed by atoms with E-state index in [2.05, 4.69) is 47.0 Å². The monoisotopic (exact) mass is 327 g/mol. The standard InChI is InChI=1S/C18H17NOS2/c1-19-16-6-7-17(19)15(11-13-5-3-9-22-13)18(20)14(16)10-12-4-2-8-21-12/h2-5,8-11,16-17H,6-7H2,1H3/b14-10-,15-11+. The third kappa shape index (κ3) is 2.32. The summed E-state index contributed by atoms with van der Waals surface area (Å²) in [4.78, 5) is 17.7. The van der Waals surface area contributed by atoms with Gasteiger partial charge in [0.2, 0.25) is 0 Å². The SMILES string of the molecule is CN1C2CCC1/C(=C\c1cccs1)C(=O)/C2=C\c1cccs1. The van der Waals surface area contributed by atoms with Gasteiger partial charge in [-0.25, -0.2) is 0 Å². The van der Waals surface area contributed by atoms with E-state index in [9.17, 15) is 4.79 Å². The van der Waals surface area contributed by atoms with Crippen LogP contribution in [0.4, 0.5) is 0 Å². The van der Waals surface area contributed by atoms with Crippen LogP contribution in [0, 0.1) is 0 Å². The number of carbonyl (C=O) groups is 1. The number of hydrogen-bond donors (Lipinski definition) is 0. The first-order chi connectivity index (χ1) is 10.7. The fraction of sp³-hybridized carbons (Fsp3) is 0.278. The molecule has 2 aromatic rings. The van der Waals surface area contributed by atoms with Crippen LogP contribution in [0.1, 0.15) is 22.6 Å². The molecule has 2 bridgehead atoms. The second-order valence-corrected chi connectivity index (χ2v) is 7.79. The van der Waals surface area contributed by atoms with Crippen LogP contribution in [0.2, 0.25) is 0 Å². The second-order valence-electron chi connectivity index (χ2n) is 5.83. The molecule has 2 saturated heterocycles. The number of piperidine rings is 1. The van der Waals surface area contributed by atoms with Crippen LogP contribution in [0.15, 0.2) is 46.2 Å². The van der Waals surface area contributed by atoms with Gasteiger partial charge in [-0.1, -0.05) is 12.1 Å². The molecule has 22 heavy (non-hydrogen) atoms. The van der Waals surface area contributed by atoms with Crippen molar-refractivity contribution in [2.45, 2.75) is 24.9 Å². The van der Waals surface area contributed by atoms with Gasteiger partial charge in [0.1, 0.15) is 0 Å². The number of nitrogens with zero attached hydrogens (tertiary/aromatic N) is 1. The molecule has 2 unspecified atom stereocenters. The molecule has 4 heterocycles. The van der Waals surface area contributed by atoms with E-state index in [0.29, 0.717) is 0 Å². The van der Waals surface area contributed by atoms with Crippen LogP contribution >= 0.6 is 22.7 Å². The Kier molecular flexibility index (Phi) is 3.60. The summed E-state index contributed by atoms with van der Waals surface area (Å²) in [5, 5.41) is 4.12. The van der Waals surface area contributed by atoms with Gasteiger partial charge in [0.25, 0.3) is 0 Å². The molecule has 0 aliphatic carbocycles. The lowest BCUT2D eigenvalue weighted by Gasteiger charge is -2.34. The minimum atomic E-state index is 0.243. The molecule has 0 aromatic carbocycles. The maximum atomic E-state index is 13.0. The highest BCUT2D eigenvalue weighted by Gasteiger charge is 2.44. The zero-order chi connectivity index (χ0) is 15.1. The smallest absolute Gasteiger partial charge is 0.188 e. The number of fused-ring (bicyclic) bond motifs is 2. The summed E-state index contributed by atoms with van der Waals surface area (Å²) < 4.78 is 0. The van der Waals surface area contributed by atoms with Crippen molar-refractivity contribution >= 4 is 40.6 Å². The molecule has 0 N–H and O–H groups in total. The number of ketones is 1. The van der Waals surface area contributed by atoms with E-state index >= 15 is 0 Å². The van der Waals surface area contributed by atoms with Gasteiger partial charge in [0.15, 0.2) is 5.78 Å². The van der Waals surface area contributed by atoms with Crippen molar-refractivity contribution in [1.82, 2.24) is 4.90 Å². The van der Waals surface area contributed by atoms with Crippen molar-refractivity contribution in [2.75, 3.05) is 7.05 Å². The van der Waals surface area contributed by atoms with Gasteiger partial charge < -0.3 is 0 Å². The van der Waals surface area contributed by atoms with Gasteiger partial charge in [-0.05, 0) is 54.9 Å². The van der Waals surface area contributed by atoms with E-state index < -0.39 is 0 Å². The Bertz CT molecular complexity index is 678. The summed E-state index contributed by atoms with van der Waals surface area (Å²) in [6.07, 6.45) is 6.34. The van der Waals surface area contributed by atoms with Crippen molar-refractivity contribution in [3.05, 3.63) is 55.9 Å². The molecule has 4 heteroatoms. The molecule has 2 aliphatic heterocycles. The molecule has 2 nitrogen and oxygen atoms in total. The zero-order valence-corrected chi connectivity index (χ0v) is 14.0. The Morgan fingerprint density at radius 3 is 1.91 bits per heavy atom. The van der Waals surface area contributed by atoms with Crippen molar-refractivity contribution in [2.24, 2.45) is 0 Å². The topological polar surface area (TPSA) is 20.3 Å². The maximum absolute atomic E-state index is 13.0. The highest BCUT2D eigenvalue weighted by Crippen LogP contribution is 2.40. The lowest BCUT2D eigenvalue weighted by Crippen LogP contribution is -2.43. The Morgan fingerprint density at radius 1 is 1.00 bits per heavy atom. The molecule has 2 fully saturated rings. The first-order valence-electron chi connectivity index (χ1n) is 7.51. The summed E-state index contributed by atoms with van der Waals surface area (Å²) in [5.74, 6) is 0.243. The van der Waals surface area contributed by atoms with Crippen molar-refractivity contribution < 1.29 is 4.79 Å². The van der Waals surface area contributed by atoms with E-state index in [-0.39, 0.29) is 17.9 Å². The molecule has 0 amide bonds. The molecule has 0 radical (unpaired) electrons. The van der Waals surface area contributed by atoms with E-state index in [4.69, 9.17) is 0 Å². The van der Waals surface area contributed by atoms with Crippen LogP contribution in [-0.4, -0.2) is 29.8 Å². The normalized spacial score (nSPS) is 28.9. The molecular weight excluding hydrogens is 310 g/mol. The quantitative estimate of drug-likeness (QED) is 0.766. The Hall–Kier alpha value is -1.49. The van der Waals surface area contributed by atoms with Crippen molar-refractivity contribution in [1.29, 1.82) is 0 Å². The van der Waals surface area contributed by atoms with Gasteiger partial charge in [-0.15, -0.1) is 22.7 Å². The van der Waals surface area contributed by atoms with Crippen LogP contribution in [0.25, 0.3) is 12.2 Å². The summed E-state index contributed by atoms with van der Waals surface area (Å²) >= 11 is 3.38. The van der Waals surface area contributed by atoms with Crippen LogP contribution < -0.4 is 0 Å². The van der Waals surface area contributed by atoms with Gasteiger partial charge in [-0.3, -0.25) is 9.69 Å². The zero-order valence-electron chi connectivity index (χ0n) is 12.4.